The highest BCUT2D eigenvalue weighted by Gasteiger charge is 2.29. The van der Waals surface area contributed by atoms with Crippen LogP contribution in [-0.2, 0) is 11.2 Å². The van der Waals surface area contributed by atoms with Crippen LogP contribution in [0.4, 0.5) is 10.1 Å². The number of fused-ring (bicyclic) bond motifs is 1. The average Bonchev–Trinajstić information content (AvgIpc) is 3.24. The van der Waals surface area contributed by atoms with Crippen molar-refractivity contribution < 1.29 is 9.18 Å². The van der Waals surface area contributed by atoms with Gasteiger partial charge in [-0.2, -0.15) is 0 Å². The molecule has 1 atom stereocenters. The topological polar surface area (TPSA) is 35.6 Å². The van der Waals surface area contributed by atoms with Gasteiger partial charge < -0.3 is 19.9 Å². The Labute approximate surface area is 192 Å². The maximum absolute atomic E-state index is 11.9. The molecule has 1 N–H and O–H groups in total. The van der Waals surface area contributed by atoms with Gasteiger partial charge in [0.15, 0.2) is 0 Å². The van der Waals surface area contributed by atoms with Crippen LogP contribution in [0.5, 0.6) is 0 Å². The van der Waals surface area contributed by atoms with E-state index in [2.05, 4.69) is 54.1 Å². The number of hydrogen-bond acceptors (Lipinski definition) is 4. The van der Waals surface area contributed by atoms with Gasteiger partial charge >= 0.3 is 0 Å². The first-order valence-corrected chi connectivity index (χ1v) is 12.0. The Bertz CT molecular complexity index is 834. The molecule has 0 aliphatic carbocycles. The van der Waals surface area contributed by atoms with Crippen LogP contribution in [0.15, 0.2) is 48.5 Å². The zero-order valence-electron chi connectivity index (χ0n) is 19.8. The Balaban J connectivity index is 0.000000352. The van der Waals surface area contributed by atoms with Crippen molar-refractivity contribution in [3.05, 3.63) is 65.5 Å². The van der Waals surface area contributed by atoms with Gasteiger partial charge in [-0.15, -0.1) is 0 Å². The molecule has 2 heterocycles. The van der Waals surface area contributed by atoms with Gasteiger partial charge in [-0.1, -0.05) is 51.1 Å². The van der Waals surface area contributed by atoms with Crippen molar-refractivity contribution in [2.45, 2.75) is 52.1 Å². The zero-order valence-corrected chi connectivity index (χ0v) is 19.8. The molecule has 2 aromatic rings. The summed E-state index contributed by atoms with van der Waals surface area (Å²) < 4.78 is 11.9. The molecule has 174 valence electrons. The SMILES string of the molecule is CCN1CCC(N2CCc3ccc(C(C=O)NCC(C)C)cc32)CC1.Fc1ccccc1. The first kappa shape index (κ1) is 24.4. The molecule has 0 saturated carbocycles. The lowest BCUT2D eigenvalue weighted by atomic mass is 10.0. The Morgan fingerprint density at radius 1 is 1.09 bits per heavy atom. The van der Waals surface area contributed by atoms with Crippen molar-refractivity contribution in [2.24, 2.45) is 5.92 Å². The van der Waals surface area contributed by atoms with Gasteiger partial charge in [0.2, 0.25) is 0 Å². The number of likely N-dealkylation sites (tertiary alicyclic amines) is 1. The number of nitrogens with one attached hydrogen (secondary N) is 1. The summed E-state index contributed by atoms with van der Waals surface area (Å²) in [5.41, 5.74) is 3.91. The molecule has 2 aromatic carbocycles. The molecule has 1 fully saturated rings. The van der Waals surface area contributed by atoms with Gasteiger partial charge in [-0.3, -0.25) is 0 Å². The first-order chi connectivity index (χ1) is 15.5. The number of carbonyl (C=O) groups is 1. The van der Waals surface area contributed by atoms with Crippen LogP contribution in [-0.4, -0.2) is 50.0 Å². The Morgan fingerprint density at radius 2 is 1.81 bits per heavy atom. The number of benzene rings is 2. The summed E-state index contributed by atoms with van der Waals surface area (Å²) >= 11 is 0. The molecule has 4 rings (SSSR count). The fourth-order valence-electron chi connectivity index (χ4n) is 4.56. The minimum Gasteiger partial charge on any atom is -0.368 e. The highest BCUT2D eigenvalue weighted by atomic mass is 19.1. The van der Waals surface area contributed by atoms with Gasteiger partial charge in [0.25, 0.3) is 0 Å². The van der Waals surface area contributed by atoms with E-state index in [0.717, 1.165) is 37.9 Å². The fraction of sp³-hybridized carbons (Fsp3) is 0.519. The number of halogens is 1. The third-order valence-corrected chi connectivity index (χ3v) is 6.46. The van der Waals surface area contributed by atoms with Crippen LogP contribution < -0.4 is 10.2 Å². The Morgan fingerprint density at radius 3 is 2.38 bits per heavy atom. The third-order valence-electron chi connectivity index (χ3n) is 6.46. The molecular weight excluding hydrogens is 401 g/mol. The molecule has 0 spiro atoms. The molecule has 2 aliphatic heterocycles. The molecule has 0 radical (unpaired) electrons. The maximum atomic E-state index is 11.9. The van der Waals surface area contributed by atoms with E-state index >= 15 is 0 Å². The summed E-state index contributed by atoms with van der Waals surface area (Å²) in [7, 11) is 0. The highest BCUT2D eigenvalue weighted by molar-refractivity contribution is 5.66. The van der Waals surface area contributed by atoms with Crippen LogP contribution in [0.2, 0.25) is 0 Å². The van der Waals surface area contributed by atoms with E-state index in [-0.39, 0.29) is 11.9 Å². The van der Waals surface area contributed by atoms with Crippen molar-refractivity contribution >= 4 is 12.0 Å². The normalized spacial score (nSPS) is 17.6. The highest BCUT2D eigenvalue weighted by Crippen LogP contribution is 2.34. The molecule has 1 saturated heterocycles. The summed E-state index contributed by atoms with van der Waals surface area (Å²) in [6, 6.07) is 15.0. The van der Waals surface area contributed by atoms with E-state index in [1.165, 1.54) is 49.3 Å². The summed E-state index contributed by atoms with van der Waals surface area (Å²) in [5.74, 6) is 0.361. The monoisotopic (exact) mass is 439 g/mol. The summed E-state index contributed by atoms with van der Waals surface area (Å²) in [6.07, 6.45) is 4.68. The zero-order chi connectivity index (χ0) is 22.9. The minimum atomic E-state index is -0.197. The molecule has 0 aromatic heterocycles. The number of aldehydes is 1. The Hall–Kier alpha value is -2.24. The van der Waals surface area contributed by atoms with Crippen molar-refractivity contribution in [1.29, 1.82) is 0 Å². The van der Waals surface area contributed by atoms with Crippen molar-refractivity contribution in [2.75, 3.05) is 37.6 Å². The van der Waals surface area contributed by atoms with E-state index in [1.54, 1.807) is 18.2 Å². The largest absolute Gasteiger partial charge is 0.368 e. The van der Waals surface area contributed by atoms with E-state index < -0.39 is 0 Å². The summed E-state index contributed by atoms with van der Waals surface area (Å²) in [6.45, 7) is 12.2. The lowest BCUT2D eigenvalue weighted by Crippen LogP contribution is -2.44. The second kappa shape index (κ2) is 12.1. The van der Waals surface area contributed by atoms with Crippen LogP contribution in [0, 0.1) is 11.7 Å². The van der Waals surface area contributed by atoms with Gasteiger partial charge in [0.1, 0.15) is 12.1 Å². The molecule has 1 unspecified atom stereocenters. The van der Waals surface area contributed by atoms with Crippen LogP contribution in [0.25, 0.3) is 0 Å². The number of anilines is 1. The molecule has 4 nitrogen and oxygen atoms in total. The molecular formula is C27H38FN3O. The summed E-state index contributed by atoms with van der Waals surface area (Å²) in [4.78, 5) is 16.7. The second-order valence-electron chi connectivity index (χ2n) is 9.21. The number of nitrogens with zero attached hydrogens (tertiary/aromatic N) is 2. The second-order valence-corrected chi connectivity index (χ2v) is 9.21. The predicted molar refractivity (Wildman–Crippen MR) is 131 cm³/mol. The average molecular weight is 440 g/mol. The van der Waals surface area contributed by atoms with E-state index in [1.807, 2.05) is 0 Å². The van der Waals surface area contributed by atoms with Crippen molar-refractivity contribution in [1.82, 2.24) is 10.2 Å². The van der Waals surface area contributed by atoms with Crippen molar-refractivity contribution in [3.63, 3.8) is 0 Å². The molecule has 0 bridgehead atoms. The summed E-state index contributed by atoms with van der Waals surface area (Å²) in [5, 5.41) is 3.39. The predicted octanol–water partition coefficient (Wildman–Crippen LogP) is 4.84. The van der Waals surface area contributed by atoms with E-state index in [9.17, 15) is 9.18 Å². The number of carbonyl (C=O) groups excluding carboxylic acids is 1. The maximum Gasteiger partial charge on any atom is 0.141 e. The smallest absolute Gasteiger partial charge is 0.141 e. The quantitative estimate of drug-likeness (QED) is 0.626. The lowest BCUT2D eigenvalue weighted by Gasteiger charge is -2.38. The van der Waals surface area contributed by atoms with Crippen LogP contribution in [0.1, 0.15) is 50.8 Å². The number of rotatable bonds is 7. The van der Waals surface area contributed by atoms with E-state index in [0.29, 0.717) is 12.0 Å². The number of piperidine rings is 1. The van der Waals surface area contributed by atoms with Gasteiger partial charge in [0.05, 0.1) is 6.04 Å². The molecule has 5 heteroatoms. The Kier molecular flexibility index (Phi) is 9.24. The van der Waals surface area contributed by atoms with Gasteiger partial charge in [0, 0.05) is 31.4 Å². The minimum absolute atomic E-state index is 0.178. The molecule has 0 amide bonds. The lowest BCUT2D eigenvalue weighted by molar-refractivity contribution is -0.109. The standard InChI is InChI=1S/C21H33N3O.C6H5F/c1-4-23-10-8-19(9-11-23)24-12-7-17-5-6-18(13-21(17)24)20(15-25)22-14-16(2)3;7-6-4-2-1-3-5-6/h5-6,13,15-16,19-20,22H,4,7-12,14H2,1-3H3;1-5H. The number of hydrogen-bond donors (Lipinski definition) is 1. The van der Waals surface area contributed by atoms with Crippen LogP contribution >= 0.6 is 0 Å². The first-order valence-electron chi connectivity index (χ1n) is 12.0. The van der Waals surface area contributed by atoms with E-state index in [4.69, 9.17) is 0 Å². The fourth-order valence-corrected chi connectivity index (χ4v) is 4.56. The van der Waals surface area contributed by atoms with Crippen LogP contribution in [0.3, 0.4) is 0 Å². The molecule has 2 aliphatic rings. The van der Waals surface area contributed by atoms with Gasteiger partial charge in [-0.25, -0.2) is 4.39 Å². The molecule has 32 heavy (non-hydrogen) atoms. The van der Waals surface area contributed by atoms with Crippen molar-refractivity contribution in [3.8, 4) is 0 Å². The van der Waals surface area contributed by atoms with Gasteiger partial charge in [-0.05, 0) is 67.6 Å². The third kappa shape index (κ3) is 6.63.